The normalized spacial score (nSPS) is 12.7. The maximum atomic E-state index is 13.3. The Kier molecular flexibility index (Phi) is 5.38. The fourth-order valence-electron chi connectivity index (χ4n) is 1.16. The molecule has 0 amide bonds. The van der Waals surface area contributed by atoms with Gasteiger partial charge in [-0.3, -0.25) is 4.55 Å². The largest absolute Gasteiger partial charge is 0.294 e. The molecule has 0 spiro atoms. The number of hydrogen-bond acceptors (Lipinski definition) is 1. The first-order valence-electron chi connectivity index (χ1n) is 4.38. The molecule has 0 heterocycles. The summed E-state index contributed by atoms with van der Waals surface area (Å²) in [5, 5.41) is 0. The van der Waals surface area contributed by atoms with Crippen LogP contribution >= 0.6 is 15.9 Å². The molecule has 84 valence electrons. The standard InChI is InChI=1S/C9H11BrFNO2S/c10-8-4-3-7(9(11)6-8)2-1-5-12-15(13)14/h3-4,6,12H,1-2,5H2,(H,13,14). The monoisotopic (exact) mass is 295 g/mol. The van der Waals surface area contributed by atoms with Gasteiger partial charge in [-0.25, -0.2) is 13.3 Å². The fourth-order valence-corrected chi connectivity index (χ4v) is 1.81. The molecule has 0 bridgehead atoms. The average Bonchev–Trinajstić information content (AvgIpc) is 2.14. The molecular formula is C9H11BrFNO2S. The SMILES string of the molecule is O=S(O)NCCCc1ccc(Br)cc1F. The lowest BCUT2D eigenvalue weighted by molar-refractivity contribution is 0.546. The third-order valence-electron chi connectivity index (χ3n) is 1.86. The summed E-state index contributed by atoms with van der Waals surface area (Å²) in [7, 11) is 0. The van der Waals surface area contributed by atoms with Crippen molar-refractivity contribution in [2.75, 3.05) is 6.54 Å². The summed E-state index contributed by atoms with van der Waals surface area (Å²) in [5.74, 6) is -0.255. The van der Waals surface area contributed by atoms with Crippen molar-refractivity contribution in [1.29, 1.82) is 0 Å². The number of rotatable bonds is 5. The van der Waals surface area contributed by atoms with E-state index in [0.717, 1.165) is 0 Å². The lowest BCUT2D eigenvalue weighted by atomic mass is 10.1. The molecule has 0 radical (unpaired) electrons. The predicted octanol–water partition coefficient (Wildman–Crippen LogP) is 2.25. The summed E-state index contributed by atoms with van der Waals surface area (Å²) in [6.45, 7) is 0.388. The Labute approximate surface area is 98.6 Å². The van der Waals surface area contributed by atoms with Crippen LogP contribution in [0.1, 0.15) is 12.0 Å². The molecule has 0 aromatic heterocycles. The van der Waals surface area contributed by atoms with Gasteiger partial charge in [0.25, 0.3) is 0 Å². The molecule has 15 heavy (non-hydrogen) atoms. The summed E-state index contributed by atoms with van der Waals surface area (Å²) in [6, 6.07) is 4.89. The second-order valence-corrected chi connectivity index (χ2v) is 4.69. The Hall–Kier alpha value is -0.300. The zero-order valence-electron chi connectivity index (χ0n) is 7.87. The van der Waals surface area contributed by atoms with Gasteiger partial charge < -0.3 is 0 Å². The minimum Gasteiger partial charge on any atom is -0.294 e. The van der Waals surface area contributed by atoms with Gasteiger partial charge in [0, 0.05) is 11.0 Å². The van der Waals surface area contributed by atoms with Crippen LogP contribution in [0.5, 0.6) is 0 Å². The quantitative estimate of drug-likeness (QED) is 0.647. The van der Waals surface area contributed by atoms with Crippen molar-refractivity contribution < 1.29 is 13.2 Å². The van der Waals surface area contributed by atoms with E-state index in [1.165, 1.54) is 6.07 Å². The van der Waals surface area contributed by atoms with Crippen molar-refractivity contribution in [3.8, 4) is 0 Å². The molecular weight excluding hydrogens is 285 g/mol. The van der Waals surface area contributed by atoms with Crippen molar-refractivity contribution in [3.05, 3.63) is 34.1 Å². The lowest BCUT2D eigenvalue weighted by Gasteiger charge is -2.03. The van der Waals surface area contributed by atoms with Crippen molar-refractivity contribution in [2.45, 2.75) is 12.8 Å². The van der Waals surface area contributed by atoms with Crippen molar-refractivity contribution in [1.82, 2.24) is 4.72 Å². The van der Waals surface area contributed by atoms with E-state index in [0.29, 0.717) is 29.4 Å². The van der Waals surface area contributed by atoms with Gasteiger partial charge in [-0.05, 0) is 30.5 Å². The lowest BCUT2D eigenvalue weighted by Crippen LogP contribution is -2.17. The summed E-state index contributed by atoms with van der Waals surface area (Å²) in [5.41, 5.74) is 0.615. The molecule has 0 saturated heterocycles. The van der Waals surface area contributed by atoms with Crippen LogP contribution in [-0.4, -0.2) is 15.3 Å². The van der Waals surface area contributed by atoms with Crippen LogP contribution in [-0.2, 0) is 17.7 Å². The van der Waals surface area contributed by atoms with E-state index in [2.05, 4.69) is 20.7 Å². The van der Waals surface area contributed by atoms with E-state index in [1.54, 1.807) is 12.1 Å². The van der Waals surface area contributed by atoms with E-state index in [-0.39, 0.29) is 5.82 Å². The van der Waals surface area contributed by atoms with Crippen LogP contribution in [0.15, 0.2) is 22.7 Å². The molecule has 3 nitrogen and oxygen atoms in total. The smallest absolute Gasteiger partial charge is 0.231 e. The van der Waals surface area contributed by atoms with Crippen LogP contribution in [0.25, 0.3) is 0 Å². The molecule has 1 atom stereocenters. The molecule has 0 fully saturated rings. The second-order valence-electron chi connectivity index (χ2n) is 2.98. The summed E-state index contributed by atoms with van der Waals surface area (Å²) in [4.78, 5) is 0. The average molecular weight is 296 g/mol. The third-order valence-corrected chi connectivity index (χ3v) is 2.81. The molecule has 0 aliphatic carbocycles. The van der Waals surface area contributed by atoms with E-state index >= 15 is 0 Å². The number of nitrogens with one attached hydrogen (secondary N) is 1. The van der Waals surface area contributed by atoms with Crippen LogP contribution in [0.4, 0.5) is 4.39 Å². The van der Waals surface area contributed by atoms with Crippen molar-refractivity contribution >= 4 is 27.2 Å². The molecule has 1 aromatic rings. The first kappa shape index (κ1) is 12.8. The van der Waals surface area contributed by atoms with Gasteiger partial charge >= 0.3 is 0 Å². The zero-order valence-corrected chi connectivity index (χ0v) is 10.3. The minimum absolute atomic E-state index is 0.255. The Bertz CT molecular complexity index is 362. The van der Waals surface area contributed by atoms with E-state index in [1.807, 2.05) is 0 Å². The van der Waals surface area contributed by atoms with Crippen LogP contribution in [0.3, 0.4) is 0 Å². The molecule has 0 aliphatic heterocycles. The fraction of sp³-hybridized carbons (Fsp3) is 0.333. The topological polar surface area (TPSA) is 49.3 Å². The Morgan fingerprint density at radius 3 is 2.87 bits per heavy atom. The Morgan fingerprint density at radius 1 is 1.53 bits per heavy atom. The highest BCUT2D eigenvalue weighted by Gasteiger charge is 2.02. The highest BCUT2D eigenvalue weighted by molar-refractivity contribution is 9.10. The van der Waals surface area contributed by atoms with Gasteiger partial charge in [0.15, 0.2) is 0 Å². The zero-order chi connectivity index (χ0) is 11.3. The van der Waals surface area contributed by atoms with Gasteiger partial charge in [-0.2, -0.15) is 0 Å². The Morgan fingerprint density at radius 2 is 2.27 bits per heavy atom. The first-order chi connectivity index (χ1) is 7.09. The summed E-state index contributed by atoms with van der Waals surface area (Å²) in [6.07, 6.45) is 1.16. The van der Waals surface area contributed by atoms with Crippen LogP contribution in [0.2, 0.25) is 0 Å². The van der Waals surface area contributed by atoms with Gasteiger partial charge in [-0.1, -0.05) is 22.0 Å². The maximum absolute atomic E-state index is 13.3. The van der Waals surface area contributed by atoms with Gasteiger partial charge in [0.1, 0.15) is 5.82 Å². The second kappa shape index (κ2) is 6.32. The highest BCUT2D eigenvalue weighted by Crippen LogP contribution is 2.16. The number of halogens is 2. The molecule has 1 aromatic carbocycles. The van der Waals surface area contributed by atoms with Crippen molar-refractivity contribution in [3.63, 3.8) is 0 Å². The highest BCUT2D eigenvalue weighted by atomic mass is 79.9. The van der Waals surface area contributed by atoms with Gasteiger partial charge in [0.05, 0.1) is 0 Å². The number of hydrogen-bond donors (Lipinski definition) is 2. The molecule has 1 unspecified atom stereocenters. The number of aryl methyl sites for hydroxylation is 1. The Balaban J connectivity index is 2.40. The molecule has 6 heteroatoms. The summed E-state index contributed by atoms with van der Waals surface area (Å²) >= 11 is 1.19. The van der Waals surface area contributed by atoms with Crippen LogP contribution < -0.4 is 4.72 Å². The molecule has 0 saturated carbocycles. The molecule has 2 N–H and O–H groups in total. The molecule has 0 aliphatic rings. The van der Waals surface area contributed by atoms with E-state index in [4.69, 9.17) is 4.55 Å². The summed E-state index contributed by atoms with van der Waals surface area (Å²) < 4.78 is 35.0. The van der Waals surface area contributed by atoms with Gasteiger partial charge in [-0.15, -0.1) is 0 Å². The van der Waals surface area contributed by atoms with Crippen molar-refractivity contribution in [2.24, 2.45) is 0 Å². The maximum Gasteiger partial charge on any atom is 0.231 e. The van der Waals surface area contributed by atoms with Crippen LogP contribution in [0, 0.1) is 5.82 Å². The van der Waals surface area contributed by atoms with Gasteiger partial charge in [0.2, 0.25) is 11.3 Å². The number of benzene rings is 1. The third kappa shape index (κ3) is 4.83. The van der Waals surface area contributed by atoms with E-state index in [9.17, 15) is 8.60 Å². The predicted molar refractivity (Wildman–Crippen MR) is 61.2 cm³/mol. The minimum atomic E-state index is -1.98. The van der Waals surface area contributed by atoms with E-state index < -0.39 is 11.3 Å². The molecule has 1 rings (SSSR count). The first-order valence-corrected chi connectivity index (χ1v) is 6.28.